The molecular formula is C22H24N4O7. The van der Waals surface area contributed by atoms with Gasteiger partial charge in [0.15, 0.2) is 11.5 Å². The van der Waals surface area contributed by atoms with Gasteiger partial charge in [0, 0.05) is 7.05 Å². The van der Waals surface area contributed by atoms with Crippen molar-refractivity contribution in [2.45, 2.75) is 25.1 Å². The van der Waals surface area contributed by atoms with Crippen LogP contribution in [0.3, 0.4) is 0 Å². The first-order valence-electron chi connectivity index (χ1n) is 9.76. The summed E-state index contributed by atoms with van der Waals surface area (Å²) in [6.07, 6.45) is -1.32. The number of amides is 3. The molecule has 174 valence electrons. The molecule has 5 N–H and O–H groups in total. The normalized spacial score (nSPS) is 11.9. The van der Waals surface area contributed by atoms with E-state index in [1.54, 1.807) is 30.3 Å². The summed E-state index contributed by atoms with van der Waals surface area (Å²) in [5.74, 6) is -2.63. The number of hydrogen-bond donors (Lipinski definition) is 5. The highest BCUT2D eigenvalue weighted by Crippen LogP contribution is 2.38. The van der Waals surface area contributed by atoms with Crippen molar-refractivity contribution in [3.63, 3.8) is 0 Å². The Kier molecular flexibility index (Phi) is 8.87. The molecule has 2 rings (SSSR count). The lowest BCUT2D eigenvalue weighted by molar-refractivity contribution is -0.129. The number of carbonyl (C=O) groups excluding carboxylic acids is 3. The van der Waals surface area contributed by atoms with E-state index in [0.717, 1.165) is 17.7 Å². The monoisotopic (exact) mass is 456 g/mol. The van der Waals surface area contributed by atoms with Gasteiger partial charge in [0.05, 0.1) is 19.6 Å². The molecule has 0 fully saturated rings. The standard InChI is InChI=1S/C22H24N4O7/c1-24-21(30)18(14-10-16(27)19(32-2)17(28)11-14)26-20(29)15(8-9-23)25-22(31)33-12-13-6-4-3-5-7-13/h3-7,10-11,15,18,27-28H,8,12H2,1-2H3,(H,24,30)(H,25,31)(H,26,29)/t15-,18+/m0/s1. The fourth-order valence-electron chi connectivity index (χ4n) is 2.89. The fourth-order valence-corrected chi connectivity index (χ4v) is 2.89. The zero-order chi connectivity index (χ0) is 24.4. The molecule has 0 aromatic heterocycles. The maximum Gasteiger partial charge on any atom is 0.408 e. The van der Waals surface area contributed by atoms with Gasteiger partial charge in [0.1, 0.15) is 18.7 Å². The van der Waals surface area contributed by atoms with Gasteiger partial charge in [-0.1, -0.05) is 30.3 Å². The number of nitrogens with one attached hydrogen (secondary N) is 3. The zero-order valence-corrected chi connectivity index (χ0v) is 18.0. The van der Waals surface area contributed by atoms with Crippen LogP contribution in [0.5, 0.6) is 17.2 Å². The van der Waals surface area contributed by atoms with Crippen LogP contribution in [-0.2, 0) is 20.9 Å². The number of hydrogen-bond acceptors (Lipinski definition) is 8. The number of nitriles is 1. The zero-order valence-electron chi connectivity index (χ0n) is 18.0. The second-order valence-electron chi connectivity index (χ2n) is 6.77. The lowest BCUT2D eigenvalue weighted by Gasteiger charge is -2.22. The van der Waals surface area contributed by atoms with Gasteiger partial charge < -0.3 is 35.6 Å². The number of ether oxygens (including phenoxy) is 2. The first kappa shape index (κ1) is 24.8. The summed E-state index contributed by atoms with van der Waals surface area (Å²) >= 11 is 0. The lowest BCUT2D eigenvalue weighted by atomic mass is 10.0. The third-order valence-electron chi connectivity index (χ3n) is 4.52. The lowest BCUT2D eigenvalue weighted by Crippen LogP contribution is -2.50. The van der Waals surface area contributed by atoms with Crippen LogP contribution in [0, 0.1) is 11.3 Å². The van der Waals surface area contributed by atoms with Gasteiger partial charge in [-0.2, -0.15) is 5.26 Å². The molecule has 2 aromatic rings. The van der Waals surface area contributed by atoms with Crippen LogP contribution < -0.4 is 20.7 Å². The summed E-state index contributed by atoms with van der Waals surface area (Å²) in [6.45, 7) is -0.0428. The number of phenolic OH excluding ortho intramolecular Hbond substituents is 2. The van der Waals surface area contributed by atoms with E-state index < -0.39 is 47.9 Å². The van der Waals surface area contributed by atoms with Crippen molar-refractivity contribution in [3.8, 4) is 23.3 Å². The number of rotatable bonds is 9. The molecule has 0 radical (unpaired) electrons. The van der Waals surface area contributed by atoms with Crippen LogP contribution in [-0.4, -0.2) is 48.3 Å². The van der Waals surface area contributed by atoms with E-state index in [2.05, 4.69) is 16.0 Å². The molecule has 0 saturated heterocycles. The number of nitrogens with zero attached hydrogens (tertiary/aromatic N) is 1. The SMILES string of the molecule is CNC(=O)[C@H](NC(=O)[C@H](CC#N)NC(=O)OCc1ccccc1)c1cc(O)c(OC)c(O)c1. The van der Waals surface area contributed by atoms with E-state index in [1.165, 1.54) is 14.2 Å². The molecule has 11 nitrogen and oxygen atoms in total. The highest BCUT2D eigenvalue weighted by atomic mass is 16.5. The van der Waals surface area contributed by atoms with Gasteiger partial charge >= 0.3 is 6.09 Å². The van der Waals surface area contributed by atoms with Crippen molar-refractivity contribution in [1.29, 1.82) is 5.26 Å². The van der Waals surface area contributed by atoms with E-state index >= 15 is 0 Å². The minimum absolute atomic E-state index is 0.0425. The van der Waals surface area contributed by atoms with Crippen LogP contribution in [0.15, 0.2) is 42.5 Å². The molecule has 0 aliphatic carbocycles. The average molecular weight is 456 g/mol. The number of carbonyl (C=O) groups is 3. The second kappa shape index (κ2) is 11.8. The first-order valence-corrected chi connectivity index (χ1v) is 9.76. The second-order valence-corrected chi connectivity index (χ2v) is 6.77. The minimum Gasteiger partial charge on any atom is -0.504 e. The van der Waals surface area contributed by atoms with Gasteiger partial charge in [-0.05, 0) is 23.3 Å². The van der Waals surface area contributed by atoms with E-state index in [-0.39, 0.29) is 17.9 Å². The molecule has 0 bridgehead atoms. The highest BCUT2D eigenvalue weighted by Gasteiger charge is 2.29. The van der Waals surface area contributed by atoms with Gasteiger partial charge in [-0.3, -0.25) is 9.59 Å². The first-order chi connectivity index (χ1) is 15.8. The number of aromatic hydroxyl groups is 2. The molecule has 2 aromatic carbocycles. The maximum absolute atomic E-state index is 12.8. The van der Waals surface area contributed by atoms with E-state index in [1.807, 2.05) is 6.07 Å². The molecule has 0 aliphatic heterocycles. The fraction of sp³-hybridized carbons (Fsp3) is 0.273. The van der Waals surface area contributed by atoms with Gasteiger partial charge in [0.25, 0.3) is 0 Å². The van der Waals surface area contributed by atoms with Crippen LogP contribution in [0.2, 0.25) is 0 Å². The van der Waals surface area contributed by atoms with Crippen LogP contribution in [0.4, 0.5) is 4.79 Å². The molecule has 0 heterocycles. The number of benzene rings is 2. The van der Waals surface area contributed by atoms with Gasteiger partial charge in [-0.25, -0.2) is 4.79 Å². The third kappa shape index (κ3) is 6.76. The molecule has 2 atom stereocenters. The molecule has 0 spiro atoms. The Morgan fingerprint density at radius 1 is 1.06 bits per heavy atom. The summed E-state index contributed by atoms with van der Waals surface area (Å²) in [5, 5.41) is 36.2. The van der Waals surface area contributed by atoms with E-state index in [9.17, 15) is 24.6 Å². The van der Waals surface area contributed by atoms with Crippen molar-refractivity contribution >= 4 is 17.9 Å². The number of methoxy groups -OCH3 is 1. The predicted molar refractivity (Wildman–Crippen MR) is 115 cm³/mol. The molecule has 11 heteroatoms. The Hall–Kier alpha value is -4.46. The molecular weight excluding hydrogens is 432 g/mol. The Bertz CT molecular complexity index is 1010. The summed E-state index contributed by atoms with van der Waals surface area (Å²) in [7, 11) is 2.57. The van der Waals surface area contributed by atoms with Crippen molar-refractivity contribution in [1.82, 2.24) is 16.0 Å². The summed E-state index contributed by atoms with van der Waals surface area (Å²) in [6, 6.07) is 10.2. The minimum atomic E-state index is -1.35. The maximum atomic E-state index is 12.8. The number of alkyl carbamates (subject to hydrolysis) is 1. The largest absolute Gasteiger partial charge is 0.504 e. The summed E-state index contributed by atoms with van der Waals surface area (Å²) in [4.78, 5) is 37.3. The smallest absolute Gasteiger partial charge is 0.408 e. The quantitative estimate of drug-likeness (QED) is 0.375. The van der Waals surface area contributed by atoms with E-state index in [4.69, 9.17) is 14.7 Å². The summed E-state index contributed by atoms with van der Waals surface area (Å²) in [5.41, 5.74) is 0.772. The molecule has 3 amide bonds. The van der Waals surface area contributed by atoms with Gasteiger partial charge in [0.2, 0.25) is 17.6 Å². The average Bonchev–Trinajstić information content (AvgIpc) is 2.80. The van der Waals surface area contributed by atoms with Crippen LogP contribution >= 0.6 is 0 Å². The van der Waals surface area contributed by atoms with Crippen molar-refractivity contribution in [2.24, 2.45) is 0 Å². The Morgan fingerprint density at radius 3 is 2.24 bits per heavy atom. The van der Waals surface area contributed by atoms with Crippen molar-refractivity contribution in [2.75, 3.05) is 14.2 Å². The number of likely N-dealkylation sites (N-methyl/N-ethyl adjacent to an activating group) is 1. The Labute approximate surface area is 189 Å². The Balaban J connectivity index is 2.15. The highest BCUT2D eigenvalue weighted by molar-refractivity contribution is 5.92. The molecule has 0 saturated carbocycles. The van der Waals surface area contributed by atoms with Crippen LogP contribution in [0.1, 0.15) is 23.6 Å². The third-order valence-corrected chi connectivity index (χ3v) is 4.52. The van der Waals surface area contributed by atoms with Crippen molar-refractivity contribution in [3.05, 3.63) is 53.6 Å². The topological polar surface area (TPSA) is 170 Å². The predicted octanol–water partition coefficient (Wildman–Crippen LogP) is 1.22. The number of phenols is 2. The molecule has 0 unspecified atom stereocenters. The molecule has 33 heavy (non-hydrogen) atoms. The van der Waals surface area contributed by atoms with E-state index in [0.29, 0.717) is 0 Å². The Morgan fingerprint density at radius 2 is 1.70 bits per heavy atom. The molecule has 0 aliphatic rings. The van der Waals surface area contributed by atoms with Crippen LogP contribution in [0.25, 0.3) is 0 Å². The van der Waals surface area contributed by atoms with Gasteiger partial charge in [-0.15, -0.1) is 0 Å². The van der Waals surface area contributed by atoms with Crippen molar-refractivity contribution < 1.29 is 34.1 Å². The summed E-state index contributed by atoms with van der Waals surface area (Å²) < 4.78 is 9.93.